The van der Waals surface area contributed by atoms with Gasteiger partial charge in [-0.15, -0.1) is 0 Å². The van der Waals surface area contributed by atoms with Crippen LogP contribution in [0.2, 0.25) is 18.1 Å². The van der Waals surface area contributed by atoms with Crippen LogP contribution in [0.3, 0.4) is 0 Å². The third kappa shape index (κ3) is 6.06. The average molecular weight is 291 g/mol. The van der Waals surface area contributed by atoms with Crippen LogP contribution < -0.4 is 0 Å². The standard InChI is InChI=1S/C12H25NO5Si/c1-12(2,3)19(4,5)18-9-7-6-8-13(10(14)15)11(16)17/h6-9H2,1-5H3,(H,14,15)(H,16,17). The molecule has 2 N–H and O–H groups in total. The number of unbranched alkanes of at least 4 members (excludes halogenated alkanes) is 1. The molecular weight excluding hydrogens is 266 g/mol. The largest absolute Gasteiger partial charge is 0.465 e. The molecule has 0 heterocycles. The van der Waals surface area contributed by atoms with Crippen molar-refractivity contribution < 1.29 is 24.2 Å². The number of hydrogen-bond donors (Lipinski definition) is 2. The molecule has 0 saturated heterocycles. The van der Waals surface area contributed by atoms with Gasteiger partial charge in [-0.1, -0.05) is 20.8 Å². The zero-order valence-electron chi connectivity index (χ0n) is 12.4. The van der Waals surface area contributed by atoms with Crippen LogP contribution in [0.15, 0.2) is 0 Å². The molecule has 112 valence electrons. The van der Waals surface area contributed by atoms with E-state index in [-0.39, 0.29) is 11.6 Å². The number of hydrogen-bond acceptors (Lipinski definition) is 3. The summed E-state index contributed by atoms with van der Waals surface area (Å²) in [6, 6.07) is 0. The van der Waals surface area contributed by atoms with Gasteiger partial charge in [-0.2, -0.15) is 0 Å². The highest BCUT2D eigenvalue weighted by molar-refractivity contribution is 6.74. The Bertz CT molecular complexity index is 311. The molecule has 0 rings (SSSR count). The molecule has 2 amide bonds. The molecule has 0 bridgehead atoms. The Morgan fingerprint density at radius 2 is 1.58 bits per heavy atom. The molecule has 0 spiro atoms. The quantitative estimate of drug-likeness (QED) is 0.578. The van der Waals surface area contributed by atoms with Crippen LogP contribution in [-0.2, 0) is 4.43 Å². The van der Waals surface area contributed by atoms with Crippen LogP contribution in [0, 0.1) is 0 Å². The fourth-order valence-corrected chi connectivity index (χ4v) is 2.28. The van der Waals surface area contributed by atoms with Crippen molar-refractivity contribution in [2.75, 3.05) is 13.2 Å². The van der Waals surface area contributed by atoms with Gasteiger partial charge in [-0.3, -0.25) is 0 Å². The number of nitrogens with zero attached hydrogens (tertiary/aromatic N) is 1. The molecule has 0 aromatic heterocycles. The minimum Gasteiger partial charge on any atom is -0.465 e. The molecule has 6 nitrogen and oxygen atoms in total. The second kappa shape index (κ2) is 6.90. The SMILES string of the molecule is CC(C)(C)[Si](C)(C)OCCCCN(C(=O)O)C(=O)O. The highest BCUT2D eigenvalue weighted by atomic mass is 28.4. The van der Waals surface area contributed by atoms with Crippen molar-refractivity contribution >= 4 is 20.5 Å². The Labute approximate surface area is 115 Å². The summed E-state index contributed by atoms with van der Waals surface area (Å²) in [4.78, 5) is 21.6. The molecular formula is C12H25NO5Si. The lowest BCUT2D eigenvalue weighted by atomic mass is 10.2. The smallest absolute Gasteiger partial charge is 0.416 e. The first-order valence-electron chi connectivity index (χ1n) is 6.36. The highest BCUT2D eigenvalue weighted by Crippen LogP contribution is 2.36. The van der Waals surface area contributed by atoms with Gasteiger partial charge in [0.2, 0.25) is 0 Å². The molecule has 0 unspecified atom stereocenters. The van der Waals surface area contributed by atoms with Crippen LogP contribution in [0.25, 0.3) is 0 Å². The maximum atomic E-state index is 10.6. The predicted octanol–water partition coefficient (Wildman–Crippen LogP) is 3.45. The number of carbonyl (C=O) groups is 2. The van der Waals surface area contributed by atoms with Crippen molar-refractivity contribution in [1.29, 1.82) is 0 Å². The van der Waals surface area contributed by atoms with Crippen LogP contribution in [0.5, 0.6) is 0 Å². The number of rotatable bonds is 6. The number of imide groups is 1. The van der Waals surface area contributed by atoms with Gasteiger partial charge in [0.05, 0.1) is 0 Å². The first-order chi connectivity index (χ1) is 8.49. The molecule has 0 aromatic carbocycles. The molecule has 19 heavy (non-hydrogen) atoms. The van der Waals surface area contributed by atoms with Gasteiger partial charge in [-0.25, -0.2) is 14.5 Å². The maximum Gasteiger partial charge on any atom is 0.416 e. The molecule has 0 aromatic rings. The van der Waals surface area contributed by atoms with Gasteiger partial charge in [0.15, 0.2) is 8.32 Å². The molecule has 7 heteroatoms. The Morgan fingerprint density at radius 1 is 1.11 bits per heavy atom. The summed E-state index contributed by atoms with van der Waals surface area (Å²) in [5, 5.41) is 17.5. The minimum absolute atomic E-state index is 0.00840. The lowest BCUT2D eigenvalue weighted by Crippen LogP contribution is -2.41. The summed E-state index contributed by atoms with van der Waals surface area (Å²) < 4.78 is 5.92. The minimum atomic E-state index is -1.77. The van der Waals surface area contributed by atoms with Crippen LogP contribution in [0.4, 0.5) is 9.59 Å². The van der Waals surface area contributed by atoms with Crippen molar-refractivity contribution in [1.82, 2.24) is 4.90 Å². The normalized spacial score (nSPS) is 12.3. The Kier molecular flexibility index (Phi) is 6.51. The molecule has 0 radical (unpaired) electrons. The van der Waals surface area contributed by atoms with Gasteiger partial charge in [0.1, 0.15) is 0 Å². The Hall–Kier alpha value is -1.08. The Morgan fingerprint density at radius 3 is 1.95 bits per heavy atom. The molecule has 0 saturated carbocycles. The lowest BCUT2D eigenvalue weighted by Gasteiger charge is -2.36. The van der Waals surface area contributed by atoms with Gasteiger partial charge >= 0.3 is 12.2 Å². The Balaban J connectivity index is 4.00. The van der Waals surface area contributed by atoms with E-state index in [4.69, 9.17) is 14.6 Å². The summed E-state index contributed by atoms with van der Waals surface area (Å²) in [6.07, 6.45) is -1.73. The highest BCUT2D eigenvalue weighted by Gasteiger charge is 2.36. The first kappa shape index (κ1) is 17.9. The van der Waals surface area contributed by atoms with E-state index in [0.717, 1.165) is 0 Å². The maximum absolute atomic E-state index is 10.6. The number of amides is 2. The van der Waals surface area contributed by atoms with E-state index in [9.17, 15) is 9.59 Å². The zero-order valence-corrected chi connectivity index (χ0v) is 13.4. The van der Waals surface area contributed by atoms with E-state index in [1.165, 1.54) is 0 Å². The van der Waals surface area contributed by atoms with Crippen molar-refractivity contribution in [2.45, 2.75) is 51.7 Å². The summed E-state index contributed by atoms with van der Waals surface area (Å²) in [5.74, 6) is 0. The van der Waals surface area contributed by atoms with Gasteiger partial charge in [0.25, 0.3) is 0 Å². The number of carboxylic acid groups (broad SMARTS) is 2. The van der Waals surface area contributed by atoms with Crippen molar-refractivity contribution in [3.8, 4) is 0 Å². The van der Waals surface area contributed by atoms with Gasteiger partial charge in [-0.05, 0) is 31.0 Å². The average Bonchev–Trinajstić information content (AvgIpc) is 2.20. The zero-order chi connectivity index (χ0) is 15.3. The fourth-order valence-electron chi connectivity index (χ4n) is 1.19. The molecule has 0 aliphatic carbocycles. The molecule has 0 fully saturated rings. The summed E-state index contributed by atoms with van der Waals surface area (Å²) in [6.45, 7) is 11.3. The van der Waals surface area contributed by atoms with Crippen LogP contribution >= 0.6 is 0 Å². The second-order valence-electron chi connectivity index (χ2n) is 6.03. The van der Waals surface area contributed by atoms with E-state index in [0.29, 0.717) is 24.3 Å². The van der Waals surface area contributed by atoms with E-state index < -0.39 is 20.5 Å². The molecule has 0 aliphatic heterocycles. The molecule has 0 aliphatic rings. The van der Waals surface area contributed by atoms with E-state index >= 15 is 0 Å². The predicted molar refractivity (Wildman–Crippen MR) is 75.1 cm³/mol. The van der Waals surface area contributed by atoms with Crippen LogP contribution in [-0.4, -0.2) is 48.8 Å². The summed E-state index contributed by atoms with van der Waals surface area (Å²) >= 11 is 0. The van der Waals surface area contributed by atoms with E-state index in [1.807, 2.05) is 0 Å². The van der Waals surface area contributed by atoms with Crippen molar-refractivity contribution in [3.63, 3.8) is 0 Å². The van der Waals surface area contributed by atoms with E-state index in [1.54, 1.807) is 0 Å². The summed E-state index contributed by atoms with van der Waals surface area (Å²) in [7, 11) is -1.77. The second-order valence-corrected chi connectivity index (χ2v) is 10.8. The fraction of sp³-hybridized carbons (Fsp3) is 0.833. The van der Waals surface area contributed by atoms with Gasteiger partial charge in [0, 0.05) is 13.2 Å². The van der Waals surface area contributed by atoms with Gasteiger partial charge < -0.3 is 14.6 Å². The van der Waals surface area contributed by atoms with Crippen LogP contribution in [0.1, 0.15) is 33.6 Å². The van der Waals surface area contributed by atoms with Crippen molar-refractivity contribution in [2.24, 2.45) is 0 Å². The lowest BCUT2D eigenvalue weighted by molar-refractivity contribution is 0.121. The van der Waals surface area contributed by atoms with Crippen molar-refractivity contribution in [3.05, 3.63) is 0 Å². The monoisotopic (exact) mass is 291 g/mol. The first-order valence-corrected chi connectivity index (χ1v) is 9.27. The molecule has 0 atom stereocenters. The summed E-state index contributed by atoms with van der Waals surface area (Å²) in [5.41, 5.74) is 0. The topological polar surface area (TPSA) is 87.1 Å². The van der Waals surface area contributed by atoms with E-state index in [2.05, 4.69) is 33.9 Å². The third-order valence-electron chi connectivity index (χ3n) is 3.51. The third-order valence-corrected chi connectivity index (χ3v) is 8.05.